The van der Waals surface area contributed by atoms with Gasteiger partial charge < -0.3 is 19.5 Å². The number of carbonyl (C=O) groups is 3. The van der Waals surface area contributed by atoms with Crippen LogP contribution in [0.25, 0.3) is 0 Å². The molecule has 0 bridgehead atoms. The fourth-order valence-electron chi connectivity index (χ4n) is 4.92. The van der Waals surface area contributed by atoms with Crippen LogP contribution in [-0.2, 0) is 16.2 Å². The zero-order valence-corrected chi connectivity index (χ0v) is 25.8. The Morgan fingerprint density at radius 3 is 2.33 bits per heavy atom. The zero-order chi connectivity index (χ0) is 28.6. The van der Waals surface area contributed by atoms with E-state index in [1.54, 1.807) is 24.3 Å². The number of amides is 2. The second-order valence-corrected chi connectivity index (χ2v) is 12.3. The van der Waals surface area contributed by atoms with Crippen LogP contribution in [-0.4, -0.2) is 69.4 Å². The molecule has 1 aliphatic carbocycles. The molecule has 3 rings (SSSR count). The van der Waals surface area contributed by atoms with Gasteiger partial charge in [0.25, 0.3) is 17.0 Å². The molecule has 12 heteroatoms. The molecule has 1 aliphatic rings. The Morgan fingerprint density at radius 2 is 1.77 bits per heavy atom. The topological polar surface area (TPSA) is 118 Å². The second kappa shape index (κ2) is 15.5. The molecule has 1 fully saturated rings. The van der Waals surface area contributed by atoms with Crippen LogP contribution in [0.3, 0.4) is 0 Å². The maximum atomic E-state index is 13.7. The molecule has 1 heterocycles. The molecule has 40 heavy (non-hydrogen) atoms. The van der Waals surface area contributed by atoms with E-state index >= 15 is 0 Å². The monoisotopic (exact) mass is 595 g/mol. The first-order valence-electron chi connectivity index (χ1n) is 13.5. The van der Waals surface area contributed by atoms with E-state index < -0.39 is 17.5 Å². The summed E-state index contributed by atoms with van der Waals surface area (Å²) in [6.07, 6.45) is 4.83. The van der Waals surface area contributed by atoms with Crippen molar-refractivity contribution in [2.75, 3.05) is 14.2 Å². The number of hydrogen-bond acceptors (Lipinski definition) is 9. The Balaban J connectivity index is 0.00000560. The molecule has 1 aromatic carbocycles. The highest BCUT2D eigenvalue weighted by Crippen LogP contribution is 2.35. The zero-order valence-electron chi connectivity index (χ0n) is 24.2. The predicted molar refractivity (Wildman–Crippen MR) is 156 cm³/mol. The van der Waals surface area contributed by atoms with E-state index in [-0.39, 0.29) is 35.4 Å². The summed E-state index contributed by atoms with van der Waals surface area (Å²) in [6.45, 7) is 8.55. The largest absolute Gasteiger partial charge is 0.408 e. The van der Waals surface area contributed by atoms with Gasteiger partial charge in [0.2, 0.25) is 12.2 Å². The average molecular weight is 596 g/mol. The number of rotatable bonds is 14. The number of hydrogen-bond donors (Lipinski definition) is 1. The van der Waals surface area contributed by atoms with Crippen LogP contribution >= 0.6 is 24.2 Å². The molecule has 1 saturated carbocycles. The molecule has 1 unspecified atom stereocenters. The fourth-order valence-corrected chi connectivity index (χ4v) is 5.54. The third-order valence-corrected chi connectivity index (χ3v) is 7.69. The fraction of sp³-hybridized carbons (Fsp3) is 0.607. The first-order valence-corrected chi connectivity index (χ1v) is 14.4. The van der Waals surface area contributed by atoms with Crippen molar-refractivity contribution in [2.24, 2.45) is 5.92 Å². The van der Waals surface area contributed by atoms with E-state index in [2.05, 4.69) is 15.5 Å². The van der Waals surface area contributed by atoms with Crippen LogP contribution < -0.4 is 5.32 Å². The molecule has 0 spiro atoms. The van der Waals surface area contributed by atoms with E-state index in [1.165, 1.54) is 16.7 Å². The lowest BCUT2D eigenvalue weighted by molar-refractivity contribution is -0.129. The SMILES string of the molecule is CON(C)Cc1ccc(C(=O)NC2(N(C=O)C(CC(C)C)C(=O)c3nnc(SC(C)C)o3)CCCCC2)cc1.Cl. The van der Waals surface area contributed by atoms with Gasteiger partial charge >= 0.3 is 0 Å². The van der Waals surface area contributed by atoms with Gasteiger partial charge in [-0.3, -0.25) is 14.4 Å². The lowest BCUT2D eigenvalue weighted by atomic mass is 9.84. The highest BCUT2D eigenvalue weighted by molar-refractivity contribution is 7.99. The Morgan fingerprint density at radius 1 is 1.12 bits per heavy atom. The van der Waals surface area contributed by atoms with E-state index in [0.717, 1.165) is 24.8 Å². The summed E-state index contributed by atoms with van der Waals surface area (Å²) in [7, 11) is 3.43. The van der Waals surface area contributed by atoms with Crippen molar-refractivity contribution in [3.05, 3.63) is 41.3 Å². The minimum atomic E-state index is -1.00. The van der Waals surface area contributed by atoms with Crippen LogP contribution in [0.1, 0.15) is 92.8 Å². The molecule has 0 saturated heterocycles. The van der Waals surface area contributed by atoms with Gasteiger partial charge in [0.05, 0.1) is 7.11 Å². The molecule has 1 atom stereocenters. The van der Waals surface area contributed by atoms with E-state index in [1.807, 2.05) is 46.9 Å². The minimum absolute atomic E-state index is 0. The van der Waals surface area contributed by atoms with Crippen molar-refractivity contribution in [1.82, 2.24) is 25.5 Å². The van der Waals surface area contributed by atoms with Crippen LogP contribution in [0.4, 0.5) is 0 Å². The van der Waals surface area contributed by atoms with E-state index in [0.29, 0.717) is 43.0 Å². The quantitative estimate of drug-likeness (QED) is 0.104. The van der Waals surface area contributed by atoms with Crippen molar-refractivity contribution < 1.29 is 23.6 Å². The van der Waals surface area contributed by atoms with Gasteiger partial charge in [-0.15, -0.1) is 22.6 Å². The Hall–Kier alpha value is -2.47. The van der Waals surface area contributed by atoms with Gasteiger partial charge in [-0.25, -0.2) is 0 Å². The molecule has 10 nitrogen and oxygen atoms in total. The van der Waals surface area contributed by atoms with Gasteiger partial charge in [0.1, 0.15) is 11.7 Å². The molecule has 0 radical (unpaired) electrons. The molecule has 222 valence electrons. The Labute approximate surface area is 247 Å². The number of Topliss-reactive ketones (excluding diaryl/α,β-unsaturated/α-hetero) is 1. The maximum absolute atomic E-state index is 13.7. The molecule has 2 amide bonds. The first-order chi connectivity index (χ1) is 18.6. The van der Waals surface area contributed by atoms with Crippen LogP contribution in [0, 0.1) is 5.92 Å². The van der Waals surface area contributed by atoms with Gasteiger partial charge in [0, 0.05) is 24.4 Å². The third-order valence-electron chi connectivity index (χ3n) is 6.85. The first kappa shape index (κ1) is 33.7. The Bertz CT molecular complexity index is 1100. The maximum Gasteiger partial charge on any atom is 0.286 e. The predicted octanol–water partition coefficient (Wildman–Crippen LogP) is 5.13. The standard InChI is InChI=1S/C28H41N5O5S.ClH/c1-19(2)16-23(24(35)26-30-31-27(38-26)39-20(3)4)33(18-34)28(14-8-7-9-15-28)29-25(36)22-12-10-21(11-13-22)17-32(5)37-6;/h10-13,18-20,23H,7-9,14-17H2,1-6H3,(H,29,36);1H. The van der Waals surface area contributed by atoms with Crippen molar-refractivity contribution >= 4 is 42.3 Å². The highest BCUT2D eigenvalue weighted by atomic mass is 35.5. The summed E-state index contributed by atoms with van der Waals surface area (Å²) < 4.78 is 5.68. The number of ketones is 1. The number of aromatic nitrogens is 2. The van der Waals surface area contributed by atoms with Crippen molar-refractivity contribution in [2.45, 2.75) is 94.9 Å². The number of halogens is 1. The number of benzene rings is 1. The molecule has 2 aromatic rings. The number of nitrogens with one attached hydrogen (secondary N) is 1. The number of carbonyl (C=O) groups excluding carboxylic acids is 3. The summed E-state index contributed by atoms with van der Waals surface area (Å²) in [5.74, 6) is -0.725. The third kappa shape index (κ3) is 8.76. The average Bonchev–Trinajstić information content (AvgIpc) is 3.36. The highest BCUT2D eigenvalue weighted by Gasteiger charge is 2.45. The second-order valence-electron chi connectivity index (χ2n) is 10.8. The van der Waals surface area contributed by atoms with Gasteiger partial charge in [0.15, 0.2) is 0 Å². The number of hydroxylamine groups is 2. The normalized spacial score (nSPS) is 15.5. The van der Waals surface area contributed by atoms with Gasteiger partial charge in [-0.05, 0) is 55.7 Å². The van der Waals surface area contributed by atoms with Crippen molar-refractivity contribution in [3.63, 3.8) is 0 Å². The summed E-state index contributed by atoms with van der Waals surface area (Å²) in [5.41, 5.74) is 0.472. The van der Waals surface area contributed by atoms with Gasteiger partial charge in [-0.1, -0.05) is 58.0 Å². The van der Waals surface area contributed by atoms with Crippen LogP contribution in [0.15, 0.2) is 33.9 Å². The van der Waals surface area contributed by atoms with Crippen molar-refractivity contribution in [1.29, 1.82) is 0 Å². The van der Waals surface area contributed by atoms with Crippen LogP contribution in [0.2, 0.25) is 0 Å². The Kier molecular flexibility index (Phi) is 13.1. The number of thioether (sulfide) groups is 1. The summed E-state index contributed by atoms with van der Waals surface area (Å²) in [6, 6.07) is 6.43. The summed E-state index contributed by atoms with van der Waals surface area (Å²) >= 11 is 1.37. The summed E-state index contributed by atoms with van der Waals surface area (Å²) in [4.78, 5) is 46.7. The molecular formula is C28H42ClN5O5S. The molecular weight excluding hydrogens is 554 g/mol. The lowest BCUT2D eigenvalue weighted by Gasteiger charge is -2.48. The summed E-state index contributed by atoms with van der Waals surface area (Å²) in [5, 5.41) is 13.4. The lowest BCUT2D eigenvalue weighted by Crippen LogP contribution is -2.65. The minimum Gasteiger partial charge on any atom is -0.408 e. The van der Waals surface area contributed by atoms with E-state index in [9.17, 15) is 14.4 Å². The molecule has 0 aliphatic heterocycles. The van der Waals surface area contributed by atoms with Gasteiger partial charge in [-0.2, -0.15) is 5.06 Å². The van der Waals surface area contributed by atoms with Crippen molar-refractivity contribution in [3.8, 4) is 0 Å². The molecule has 1 aromatic heterocycles. The smallest absolute Gasteiger partial charge is 0.286 e. The number of nitrogens with zero attached hydrogens (tertiary/aromatic N) is 4. The molecule has 1 N–H and O–H groups in total. The van der Waals surface area contributed by atoms with E-state index in [4.69, 9.17) is 9.25 Å². The van der Waals surface area contributed by atoms with Crippen LogP contribution in [0.5, 0.6) is 0 Å².